The Balaban J connectivity index is 2.33. The molecule has 0 saturated heterocycles. The first kappa shape index (κ1) is 19.3. The Morgan fingerprint density at radius 1 is 0.875 bits per heavy atom. The van der Waals surface area contributed by atoms with Crippen molar-refractivity contribution in [2.75, 3.05) is 0 Å². The van der Waals surface area contributed by atoms with Gasteiger partial charge < -0.3 is 10.2 Å². The summed E-state index contributed by atoms with van der Waals surface area (Å²) < 4.78 is 0. The number of phenols is 2. The van der Waals surface area contributed by atoms with Crippen molar-refractivity contribution in [3.05, 3.63) is 62.1 Å². The van der Waals surface area contributed by atoms with Gasteiger partial charge in [0.15, 0.2) is 11.5 Å². The zero-order valence-electron chi connectivity index (χ0n) is 13.1. The number of phenolic OH excluding ortho intramolecular Hbond substituents is 2. The zero-order chi connectivity index (χ0) is 18.2. The Morgan fingerprint density at radius 2 is 1.25 bits per heavy atom. The largest absolute Gasteiger partial charge is 0.505 e. The highest BCUT2D eigenvalue weighted by Gasteiger charge is 2.25. The maximum absolute atomic E-state index is 9.71. The van der Waals surface area contributed by atoms with Crippen LogP contribution in [-0.4, -0.2) is 10.2 Å². The second kappa shape index (κ2) is 7.05. The van der Waals surface area contributed by atoms with Crippen LogP contribution in [-0.2, 0) is 5.41 Å². The molecular weight excluding hydrogens is 390 g/mol. The first-order valence-electron chi connectivity index (χ1n) is 7.07. The van der Waals surface area contributed by atoms with Crippen LogP contribution in [0.4, 0.5) is 0 Å². The van der Waals surface area contributed by atoms with Gasteiger partial charge in [-0.05, 0) is 52.8 Å². The molecule has 0 saturated carbocycles. The fourth-order valence-electron chi connectivity index (χ4n) is 2.46. The Bertz CT molecular complexity index is 767. The van der Waals surface area contributed by atoms with E-state index in [1.807, 2.05) is 13.8 Å². The van der Waals surface area contributed by atoms with Gasteiger partial charge in [-0.1, -0.05) is 66.8 Å². The van der Waals surface area contributed by atoms with Crippen molar-refractivity contribution in [1.29, 1.82) is 0 Å². The number of rotatable bonds is 4. The molecule has 128 valence electrons. The van der Waals surface area contributed by atoms with Gasteiger partial charge in [0.25, 0.3) is 0 Å². The number of benzene rings is 2. The third kappa shape index (κ3) is 3.94. The summed E-state index contributed by atoms with van der Waals surface area (Å²) in [5.74, 6) is -0.278. The molecule has 2 nitrogen and oxygen atoms in total. The molecule has 6 heteroatoms. The third-order valence-electron chi connectivity index (χ3n) is 3.88. The first-order chi connectivity index (χ1) is 11.0. The molecule has 0 fully saturated rings. The molecular formula is C18H16Cl4O2. The minimum absolute atomic E-state index is 0.131. The van der Waals surface area contributed by atoms with E-state index >= 15 is 0 Å². The van der Waals surface area contributed by atoms with Gasteiger partial charge in [0.1, 0.15) is 0 Å². The quantitative estimate of drug-likeness (QED) is 0.569. The molecule has 2 N–H and O–H groups in total. The van der Waals surface area contributed by atoms with Crippen molar-refractivity contribution in [2.45, 2.75) is 25.7 Å². The molecule has 0 spiro atoms. The molecule has 2 rings (SSSR count). The van der Waals surface area contributed by atoms with Gasteiger partial charge >= 0.3 is 0 Å². The van der Waals surface area contributed by atoms with Crippen LogP contribution in [0, 0.1) is 0 Å². The van der Waals surface area contributed by atoms with Gasteiger partial charge in [-0.15, -0.1) is 0 Å². The van der Waals surface area contributed by atoms with E-state index < -0.39 is 0 Å². The highest BCUT2D eigenvalue weighted by atomic mass is 35.5. The van der Waals surface area contributed by atoms with Gasteiger partial charge in [-0.2, -0.15) is 0 Å². The van der Waals surface area contributed by atoms with Crippen molar-refractivity contribution in [3.8, 4) is 11.5 Å². The highest BCUT2D eigenvalue weighted by molar-refractivity contribution is 6.37. The predicted octanol–water partition coefficient (Wildman–Crippen LogP) is 7.09. The summed E-state index contributed by atoms with van der Waals surface area (Å²) >= 11 is 24.0. The Labute approximate surface area is 161 Å². The molecule has 2 aromatic rings. The summed E-state index contributed by atoms with van der Waals surface area (Å²) in [6.07, 6.45) is 0.571. The molecule has 24 heavy (non-hydrogen) atoms. The fraction of sp³-hybridized carbons (Fsp3) is 0.222. The molecule has 0 aliphatic heterocycles. The second-order valence-corrected chi connectivity index (χ2v) is 7.87. The van der Waals surface area contributed by atoms with Crippen LogP contribution < -0.4 is 0 Å². The minimum atomic E-state index is -0.352. The van der Waals surface area contributed by atoms with E-state index in [4.69, 9.17) is 46.4 Å². The lowest BCUT2D eigenvalue weighted by molar-refractivity contribution is 0.474. The normalized spacial score (nSPS) is 11.6. The van der Waals surface area contributed by atoms with Crippen molar-refractivity contribution >= 4 is 52.0 Å². The van der Waals surface area contributed by atoms with Gasteiger partial charge in [-0.25, -0.2) is 0 Å². The van der Waals surface area contributed by atoms with E-state index in [1.54, 1.807) is 24.3 Å². The molecule has 0 bridgehead atoms. The van der Waals surface area contributed by atoms with Gasteiger partial charge in [-0.3, -0.25) is 0 Å². The van der Waals surface area contributed by atoms with Crippen LogP contribution in [0.15, 0.2) is 30.8 Å². The van der Waals surface area contributed by atoms with Crippen LogP contribution >= 0.6 is 46.4 Å². The van der Waals surface area contributed by atoms with Gasteiger partial charge in [0.2, 0.25) is 0 Å². The van der Waals surface area contributed by atoms with Crippen LogP contribution in [0.3, 0.4) is 0 Å². The van der Waals surface area contributed by atoms with Crippen LogP contribution in [0.2, 0.25) is 20.1 Å². The fourth-order valence-corrected chi connectivity index (χ4v) is 3.44. The molecule has 0 atom stereocenters. The Morgan fingerprint density at radius 3 is 1.67 bits per heavy atom. The molecule has 2 aromatic carbocycles. The molecule has 0 radical (unpaired) electrons. The third-order valence-corrected chi connectivity index (χ3v) is 5.03. The number of hydrogen-bond acceptors (Lipinski definition) is 2. The summed E-state index contributed by atoms with van der Waals surface area (Å²) in [7, 11) is 0. The molecule has 0 heterocycles. The molecule has 0 unspecified atom stereocenters. The van der Waals surface area contributed by atoms with Crippen LogP contribution in [0.5, 0.6) is 11.5 Å². The van der Waals surface area contributed by atoms with E-state index in [0.29, 0.717) is 6.42 Å². The standard InChI is InChI=1S/C18H16Cl4O2/c1-9(10-4-12(19)16(23)13(20)5-10)8-18(2,3)11-6-14(21)17(24)15(22)7-11/h4-7,23-24H,1,8H2,2-3H3. The Kier molecular flexibility index (Phi) is 5.66. The summed E-state index contributed by atoms with van der Waals surface area (Å²) in [6, 6.07) is 6.62. The molecule has 0 amide bonds. The average Bonchev–Trinajstić information content (AvgIpc) is 2.48. The summed E-state index contributed by atoms with van der Waals surface area (Å²) in [5, 5.41) is 20.1. The second-order valence-electron chi connectivity index (χ2n) is 6.24. The zero-order valence-corrected chi connectivity index (χ0v) is 16.2. The number of allylic oxidation sites excluding steroid dienone is 1. The molecule has 0 aliphatic rings. The van der Waals surface area contributed by atoms with E-state index in [9.17, 15) is 10.2 Å². The van der Waals surface area contributed by atoms with E-state index in [1.165, 1.54) is 0 Å². The monoisotopic (exact) mass is 404 g/mol. The summed E-state index contributed by atoms with van der Waals surface area (Å²) in [5.41, 5.74) is 2.05. The average molecular weight is 406 g/mol. The van der Waals surface area contributed by atoms with E-state index in [2.05, 4.69) is 6.58 Å². The molecule has 0 aromatic heterocycles. The molecule has 0 aliphatic carbocycles. The van der Waals surface area contributed by atoms with Crippen molar-refractivity contribution in [1.82, 2.24) is 0 Å². The number of halogens is 4. The van der Waals surface area contributed by atoms with Crippen LogP contribution in [0.1, 0.15) is 31.4 Å². The summed E-state index contributed by atoms with van der Waals surface area (Å²) in [4.78, 5) is 0. The highest BCUT2D eigenvalue weighted by Crippen LogP contribution is 2.41. The maximum Gasteiger partial charge on any atom is 0.152 e. The number of aromatic hydroxyl groups is 2. The lowest BCUT2D eigenvalue weighted by Crippen LogP contribution is -2.17. The lowest BCUT2D eigenvalue weighted by atomic mass is 9.78. The Hall–Kier alpha value is -1.06. The topological polar surface area (TPSA) is 40.5 Å². The van der Waals surface area contributed by atoms with Crippen molar-refractivity contribution in [3.63, 3.8) is 0 Å². The van der Waals surface area contributed by atoms with E-state index in [-0.39, 0.29) is 37.0 Å². The SMILES string of the molecule is C=C(CC(C)(C)c1cc(Cl)c(O)c(Cl)c1)c1cc(Cl)c(O)c(Cl)c1. The van der Waals surface area contributed by atoms with Gasteiger partial charge in [0.05, 0.1) is 20.1 Å². The van der Waals surface area contributed by atoms with E-state index in [0.717, 1.165) is 16.7 Å². The van der Waals surface area contributed by atoms with Crippen molar-refractivity contribution < 1.29 is 10.2 Å². The maximum atomic E-state index is 9.71. The number of hydrogen-bond donors (Lipinski definition) is 2. The van der Waals surface area contributed by atoms with Crippen LogP contribution in [0.25, 0.3) is 5.57 Å². The summed E-state index contributed by atoms with van der Waals surface area (Å²) in [6.45, 7) is 8.13. The van der Waals surface area contributed by atoms with Gasteiger partial charge in [0, 0.05) is 0 Å². The lowest BCUT2D eigenvalue weighted by Gasteiger charge is -2.27. The smallest absolute Gasteiger partial charge is 0.152 e. The first-order valence-corrected chi connectivity index (χ1v) is 8.59. The van der Waals surface area contributed by atoms with Crippen molar-refractivity contribution in [2.24, 2.45) is 0 Å². The predicted molar refractivity (Wildman–Crippen MR) is 103 cm³/mol. The minimum Gasteiger partial charge on any atom is -0.505 e.